The Morgan fingerprint density at radius 1 is 1.20 bits per heavy atom. The molecule has 1 heterocycles. The number of rotatable bonds is 3. The van der Waals surface area contributed by atoms with E-state index in [4.69, 9.17) is 4.74 Å². The summed E-state index contributed by atoms with van der Waals surface area (Å²) in [5, 5.41) is 4.60. The van der Waals surface area contributed by atoms with E-state index in [2.05, 4.69) is 42.5 Å². The molecular weight excluding hydrogens is 392 g/mol. The first-order chi connectivity index (χ1) is 9.36. The highest BCUT2D eigenvalue weighted by Crippen LogP contribution is 2.35. The molecule has 7 heteroatoms. The van der Waals surface area contributed by atoms with Crippen molar-refractivity contribution in [1.82, 2.24) is 10.6 Å². The molecule has 0 radical (unpaired) electrons. The number of urea groups is 1. The van der Waals surface area contributed by atoms with Gasteiger partial charge in [0.15, 0.2) is 0 Å². The number of nitrogens with one attached hydrogen (secondary N) is 2. The molecule has 1 saturated heterocycles. The molecule has 2 rings (SSSR count). The predicted molar refractivity (Wildman–Crippen MR) is 82.3 cm³/mol. The summed E-state index contributed by atoms with van der Waals surface area (Å²) in [5.41, 5.74) is 0.876. The van der Waals surface area contributed by atoms with Crippen molar-refractivity contribution in [3.05, 3.63) is 32.3 Å². The molecule has 0 atom stereocenters. The molecule has 1 aromatic carbocycles. The van der Waals surface area contributed by atoms with Crippen LogP contribution in [0.3, 0.4) is 0 Å². The van der Waals surface area contributed by atoms with Crippen molar-refractivity contribution in [3.63, 3.8) is 0 Å². The monoisotopic (exact) mass is 402 g/mol. The minimum absolute atomic E-state index is 0.0170. The van der Waals surface area contributed by atoms with Crippen LogP contribution in [-0.4, -0.2) is 18.0 Å². The Morgan fingerprint density at radius 3 is 2.45 bits per heavy atom. The van der Waals surface area contributed by atoms with Crippen LogP contribution < -0.4 is 15.4 Å². The van der Waals surface area contributed by atoms with E-state index < -0.39 is 11.9 Å². The summed E-state index contributed by atoms with van der Waals surface area (Å²) in [6.07, 6.45) is 1.56. The van der Waals surface area contributed by atoms with Gasteiger partial charge in [0.1, 0.15) is 11.4 Å². The van der Waals surface area contributed by atoms with E-state index >= 15 is 0 Å². The first-order valence-electron chi connectivity index (χ1n) is 5.86. The molecule has 106 valence electrons. The zero-order chi connectivity index (χ0) is 14.9. The van der Waals surface area contributed by atoms with Crippen LogP contribution in [-0.2, 0) is 4.79 Å². The third kappa shape index (κ3) is 3.40. The quantitative estimate of drug-likeness (QED) is 0.601. The normalized spacial score (nSPS) is 16.6. The number of ether oxygens (including phenoxy) is 1. The lowest BCUT2D eigenvalue weighted by Crippen LogP contribution is -2.22. The fraction of sp³-hybridized carbons (Fsp3) is 0.231. The van der Waals surface area contributed by atoms with Crippen LogP contribution >= 0.6 is 31.9 Å². The Balaban J connectivity index is 2.47. The third-order valence-corrected chi connectivity index (χ3v) is 3.46. The maximum atomic E-state index is 11.6. The topological polar surface area (TPSA) is 67.4 Å². The zero-order valence-corrected chi connectivity index (χ0v) is 14.0. The summed E-state index contributed by atoms with van der Waals surface area (Å²) < 4.78 is 7.34. The van der Waals surface area contributed by atoms with Crippen molar-refractivity contribution >= 4 is 49.9 Å². The van der Waals surface area contributed by atoms with Crippen LogP contribution in [0, 0.1) is 0 Å². The van der Waals surface area contributed by atoms with Crippen molar-refractivity contribution < 1.29 is 14.3 Å². The minimum Gasteiger partial charge on any atom is -0.489 e. The molecular formula is C13H12Br2N2O3. The second-order valence-electron chi connectivity index (χ2n) is 4.44. The van der Waals surface area contributed by atoms with Crippen molar-refractivity contribution in [2.45, 2.75) is 20.0 Å². The Kier molecular flexibility index (Phi) is 4.49. The lowest BCUT2D eigenvalue weighted by atomic mass is 10.1. The highest BCUT2D eigenvalue weighted by molar-refractivity contribution is 9.11. The summed E-state index contributed by atoms with van der Waals surface area (Å²) in [6, 6.07) is 3.14. The number of halogens is 2. The average molecular weight is 404 g/mol. The van der Waals surface area contributed by atoms with Crippen LogP contribution in [0.4, 0.5) is 4.79 Å². The molecule has 0 spiro atoms. The van der Waals surface area contributed by atoms with Crippen LogP contribution in [0.2, 0.25) is 0 Å². The molecule has 1 aliphatic rings. The number of benzene rings is 1. The van der Waals surface area contributed by atoms with E-state index in [1.54, 1.807) is 6.08 Å². The molecule has 0 unspecified atom stereocenters. The van der Waals surface area contributed by atoms with Gasteiger partial charge in [-0.25, -0.2) is 4.79 Å². The average Bonchev–Trinajstić information content (AvgIpc) is 2.62. The van der Waals surface area contributed by atoms with E-state index in [1.165, 1.54) is 0 Å². The van der Waals surface area contributed by atoms with Gasteiger partial charge in [-0.15, -0.1) is 0 Å². The number of imide groups is 1. The molecule has 0 saturated carbocycles. The smallest absolute Gasteiger partial charge is 0.326 e. The van der Waals surface area contributed by atoms with E-state index in [0.717, 1.165) is 8.95 Å². The fourth-order valence-corrected chi connectivity index (χ4v) is 3.04. The summed E-state index contributed by atoms with van der Waals surface area (Å²) in [6.45, 7) is 3.82. The summed E-state index contributed by atoms with van der Waals surface area (Å²) in [5.74, 6) is 0.159. The first-order valence-corrected chi connectivity index (χ1v) is 7.45. The maximum absolute atomic E-state index is 11.6. The molecule has 1 aliphatic heterocycles. The Bertz CT molecular complexity index is 612. The minimum atomic E-state index is -0.526. The molecule has 0 aromatic heterocycles. The van der Waals surface area contributed by atoms with E-state index in [-0.39, 0.29) is 11.8 Å². The van der Waals surface area contributed by atoms with Crippen LogP contribution in [0.15, 0.2) is 26.8 Å². The zero-order valence-electron chi connectivity index (χ0n) is 10.8. The lowest BCUT2D eigenvalue weighted by molar-refractivity contribution is -0.115. The first kappa shape index (κ1) is 15.1. The van der Waals surface area contributed by atoms with Crippen molar-refractivity contribution in [3.8, 4) is 5.75 Å². The Morgan fingerprint density at radius 2 is 1.90 bits per heavy atom. The van der Waals surface area contributed by atoms with Gasteiger partial charge in [0.05, 0.1) is 10.6 Å². The van der Waals surface area contributed by atoms with Crippen molar-refractivity contribution in [1.29, 1.82) is 0 Å². The number of hydrogen-bond acceptors (Lipinski definition) is 3. The van der Waals surface area contributed by atoms with Gasteiger partial charge in [-0.05, 0) is 48.0 Å². The van der Waals surface area contributed by atoms with Crippen molar-refractivity contribution in [2.75, 3.05) is 0 Å². The van der Waals surface area contributed by atoms with E-state index in [1.807, 2.05) is 26.0 Å². The lowest BCUT2D eigenvalue weighted by Gasteiger charge is -2.15. The number of hydrogen-bond donors (Lipinski definition) is 2. The molecule has 5 nitrogen and oxygen atoms in total. The molecule has 2 N–H and O–H groups in total. The summed E-state index contributed by atoms with van der Waals surface area (Å²) in [4.78, 5) is 22.7. The molecule has 0 bridgehead atoms. The Labute approximate surface area is 133 Å². The van der Waals surface area contributed by atoms with Crippen LogP contribution in [0.1, 0.15) is 19.4 Å². The number of carbonyl (C=O) groups is 2. The standard InChI is InChI=1S/C13H12Br2N2O3/c1-6(2)20-11-7(3-8(14)5-9(11)15)4-10-12(18)17-13(19)16-10/h3-6H,1-2H3,(H2,16,17,18,19)/b10-4-. The van der Waals surface area contributed by atoms with Gasteiger partial charge in [0.2, 0.25) is 0 Å². The highest BCUT2D eigenvalue weighted by atomic mass is 79.9. The second-order valence-corrected chi connectivity index (χ2v) is 6.21. The van der Waals surface area contributed by atoms with E-state index in [9.17, 15) is 9.59 Å². The van der Waals surface area contributed by atoms with Gasteiger partial charge >= 0.3 is 6.03 Å². The second kappa shape index (κ2) is 5.97. The van der Waals surface area contributed by atoms with Crippen molar-refractivity contribution in [2.24, 2.45) is 0 Å². The van der Waals surface area contributed by atoms with Gasteiger partial charge in [-0.3, -0.25) is 10.1 Å². The summed E-state index contributed by atoms with van der Waals surface area (Å²) >= 11 is 6.82. The Hall–Kier alpha value is -1.34. The molecule has 20 heavy (non-hydrogen) atoms. The molecule has 0 aliphatic carbocycles. The van der Waals surface area contributed by atoms with Crippen LogP contribution in [0.25, 0.3) is 6.08 Å². The van der Waals surface area contributed by atoms with Gasteiger partial charge in [0.25, 0.3) is 5.91 Å². The van der Waals surface area contributed by atoms with Gasteiger partial charge in [-0.2, -0.15) is 0 Å². The van der Waals surface area contributed by atoms with Gasteiger partial charge in [0, 0.05) is 10.0 Å². The van der Waals surface area contributed by atoms with Gasteiger partial charge in [-0.1, -0.05) is 15.9 Å². The molecule has 1 aromatic rings. The summed E-state index contributed by atoms with van der Waals surface area (Å²) in [7, 11) is 0. The van der Waals surface area contributed by atoms with Crippen LogP contribution in [0.5, 0.6) is 5.75 Å². The molecule has 3 amide bonds. The maximum Gasteiger partial charge on any atom is 0.326 e. The largest absolute Gasteiger partial charge is 0.489 e. The number of amides is 3. The third-order valence-electron chi connectivity index (χ3n) is 2.41. The molecule has 1 fully saturated rings. The van der Waals surface area contributed by atoms with Gasteiger partial charge < -0.3 is 10.1 Å². The highest BCUT2D eigenvalue weighted by Gasteiger charge is 2.23. The predicted octanol–water partition coefficient (Wildman–Crippen LogP) is 3.18. The number of carbonyl (C=O) groups excluding carboxylic acids is 2. The fourth-order valence-electron chi connectivity index (χ4n) is 1.69. The SMILES string of the molecule is CC(C)Oc1c(Br)cc(Br)cc1/C=C1\NC(=O)NC1=O. The van der Waals surface area contributed by atoms with E-state index in [0.29, 0.717) is 11.3 Å².